The number of nitrogens with one attached hydrogen (secondary N) is 2. The summed E-state index contributed by atoms with van der Waals surface area (Å²) in [6, 6.07) is 28.4. The monoisotopic (exact) mass is 381 g/mol. The number of para-hydroxylation sites is 1. The quantitative estimate of drug-likeness (QED) is 0.514. The lowest BCUT2D eigenvalue weighted by atomic mass is 9.99. The zero-order valence-corrected chi connectivity index (χ0v) is 16.1. The molecule has 0 spiro atoms. The van der Waals surface area contributed by atoms with E-state index in [4.69, 9.17) is 0 Å². The molecule has 29 heavy (non-hydrogen) atoms. The van der Waals surface area contributed by atoms with Gasteiger partial charge in [0, 0.05) is 41.7 Å². The lowest BCUT2D eigenvalue weighted by Crippen LogP contribution is -2.44. The third kappa shape index (κ3) is 3.38. The second kappa shape index (κ2) is 7.47. The number of hydrogen-bond acceptors (Lipinski definition) is 1. The molecule has 4 aromatic rings. The molecule has 2 heterocycles. The fraction of sp³-hybridized carbons (Fsp3) is 0.160. The molecule has 0 saturated heterocycles. The Bertz CT molecular complexity index is 1100. The van der Waals surface area contributed by atoms with E-state index in [0.717, 1.165) is 23.1 Å². The van der Waals surface area contributed by atoms with Gasteiger partial charge in [0.1, 0.15) is 0 Å². The zero-order chi connectivity index (χ0) is 19.6. The van der Waals surface area contributed by atoms with Gasteiger partial charge in [0.15, 0.2) is 0 Å². The second-order valence-corrected chi connectivity index (χ2v) is 7.50. The Morgan fingerprint density at radius 2 is 1.48 bits per heavy atom. The Kier molecular flexibility index (Phi) is 4.53. The summed E-state index contributed by atoms with van der Waals surface area (Å²) < 4.78 is 0. The number of fused-ring (bicyclic) bond motifs is 3. The number of nitrogens with zero attached hydrogens (tertiary/aromatic N) is 1. The highest BCUT2D eigenvalue weighted by Gasteiger charge is 2.26. The summed E-state index contributed by atoms with van der Waals surface area (Å²) in [5.74, 6) is 0. The van der Waals surface area contributed by atoms with Gasteiger partial charge >= 0.3 is 6.03 Å². The van der Waals surface area contributed by atoms with Crippen LogP contribution in [0.4, 0.5) is 4.79 Å². The number of urea groups is 1. The van der Waals surface area contributed by atoms with Crippen LogP contribution in [0.15, 0.2) is 84.9 Å². The third-order valence-corrected chi connectivity index (χ3v) is 5.70. The molecule has 5 rings (SSSR count). The maximum Gasteiger partial charge on any atom is 0.318 e. The molecule has 0 radical (unpaired) electrons. The van der Waals surface area contributed by atoms with Gasteiger partial charge in [-0.15, -0.1) is 0 Å². The largest absolute Gasteiger partial charge is 0.358 e. The first-order chi connectivity index (χ1) is 14.3. The summed E-state index contributed by atoms with van der Waals surface area (Å²) in [5.41, 5.74) is 5.79. The van der Waals surface area contributed by atoms with E-state index in [9.17, 15) is 4.79 Å². The number of rotatable bonds is 3. The third-order valence-electron chi connectivity index (χ3n) is 5.70. The van der Waals surface area contributed by atoms with Gasteiger partial charge in [0.05, 0.1) is 6.04 Å². The lowest BCUT2D eigenvalue weighted by molar-refractivity contribution is 0.190. The van der Waals surface area contributed by atoms with Crippen molar-refractivity contribution in [3.63, 3.8) is 0 Å². The van der Waals surface area contributed by atoms with Crippen LogP contribution in [0.25, 0.3) is 10.9 Å². The van der Waals surface area contributed by atoms with Crippen LogP contribution < -0.4 is 5.32 Å². The summed E-state index contributed by atoms with van der Waals surface area (Å²) in [6.07, 6.45) is 0.846. The topological polar surface area (TPSA) is 48.1 Å². The van der Waals surface area contributed by atoms with Crippen molar-refractivity contribution >= 4 is 16.9 Å². The van der Waals surface area contributed by atoms with E-state index in [0.29, 0.717) is 13.1 Å². The molecule has 0 saturated carbocycles. The van der Waals surface area contributed by atoms with Crippen molar-refractivity contribution in [2.24, 2.45) is 0 Å². The molecule has 2 N–H and O–H groups in total. The maximum atomic E-state index is 13.2. The fourth-order valence-corrected chi connectivity index (χ4v) is 4.20. The van der Waals surface area contributed by atoms with Crippen molar-refractivity contribution in [1.29, 1.82) is 0 Å². The standard InChI is InChI=1S/C25H23N3O/c29-25(27-24(18-9-3-1-4-10-18)19-11-5-2-6-12-19)28-16-15-23-21(17-28)20-13-7-8-14-22(20)26-23/h1-14,24,26H,15-17H2,(H,27,29). The molecule has 0 unspecified atom stereocenters. The molecule has 1 aliphatic rings. The molecule has 1 aliphatic heterocycles. The van der Waals surface area contributed by atoms with Gasteiger partial charge < -0.3 is 15.2 Å². The number of carbonyl (C=O) groups excluding carboxylic acids is 1. The van der Waals surface area contributed by atoms with E-state index in [1.807, 2.05) is 47.4 Å². The van der Waals surface area contributed by atoms with Crippen LogP contribution in [0.1, 0.15) is 28.4 Å². The van der Waals surface area contributed by atoms with Crippen molar-refractivity contribution in [2.75, 3.05) is 6.54 Å². The molecular weight excluding hydrogens is 358 g/mol. The summed E-state index contributed by atoms with van der Waals surface area (Å²) in [5, 5.41) is 4.48. The molecular formula is C25H23N3O. The highest BCUT2D eigenvalue weighted by molar-refractivity contribution is 5.86. The van der Waals surface area contributed by atoms with E-state index in [1.54, 1.807) is 0 Å². The summed E-state index contributed by atoms with van der Waals surface area (Å²) >= 11 is 0. The minimum absolute atomic E-state index is 0.0290. The summed E-state index contributed by atoms with van der Waals surface area (Å²) in [4.78, 5) is 18.7. The van der Waals surface area contributed by atoms with Crippen LogP contribution >= 0.6 is 0 Å². The minimum atomic E-state index is -0.172. The first kappa shape index (κ1) is 17.6. The van der Waals surface area contributed by atoms with E-state index in [1.165, 1.54) is 16.6 Å². The molecule has 4 nitrogen and oxygen atoms in total. The van der Waals surface area contributed by atoms with E-state index in [2.05, 4.69) is 52.8 Å². The molecule has 144 valence electrons. The van der Waals surface area contributed by atoms with Crippen LogP contribution in [0, 0.1) is 0 Å². The molecule has 2 amide bonds. The van der Waals surface area contributed by atoms with Gasteiger partial charge in [-0.25, -0.2) is 4.79 Å². The highest BCUT2D eigenvalue weighted by atomic mass is 16.2. The second-order valence-electron chi connectivity index (χ2n) is 7.50. The number of aromatic nitrogens is 1. The predicted molar refractivity (Wildman–Crippen MR) is 116 cm³/mol. The van der Waals surface area contributed by atoms with Gasteiger partial charge in [0.25, 0.3) is 0 Å². The van der Waals surface area contributed by atoms with Gasteiger partial charge in [-0.3, -0.25) is 0 Å². The Morgan fingerprint density at radius 3 is 2.17 bits per heavy atom. The van der Waals surface area contributed by atoms with Crippen molar-refractivity contribution in [3.8, 4) is 0 Å². The van der Waals surface area contributed by atoms with Crippen molar-refractivity contribution in [3.05, 3.63) is 107 Å². The van der Waals surface area contributed by atoms with Crippen LogP contribution in [0.3, 0.4) is 0 Å². The molecule has 1 aromatic heterocycles. The van der Waals surface area contributed by atoms with Gasteiger partial charge in [-0.2, -0.15) is 0 Å². The van der Waals surface area contributed by atoms with Crippen molar-refractivity contribution in [2.45, 2.75) is 19.0 Å². The number of carbonyl (C=O) groups is 1. The Morgan fingerprint density at radius 1 is 0.862 bits per heavy atom. The molecule has 0 aliphatic carbocycles. The maximum absolute atomic E-state index is 13.2. The molecule has 3 aromatic carbocycles. The molecule has 4 heteroatoms. The van der Waals surface area contributed by atoms with Crippen molar-refractivity contribution < 1.29 is 4.79 Å². The van der Waals surface area contributed by atoms with Gasteiger partial charge in [-0.05, 0) is 17.2 Å². The Labute approximate surface area is 170 Å². The Hall–Kier alpha value is -3.53. The van der Waals surface area contributed by atoms with Crippen LogP contribution in [-0.4, -0.2) is 22.5 Å². The summed E-state index contributed by atoms with van der Waals surface area (Å²) in [6.45, 7) is 1.34. The smallest absolute Gasteiger partial charge is 0.318 e. The van der Waals surface area contributed by atoms with E-state index < -0.39 is 0 Å². The Balaban J connectivity index is 1.41. The number of benzene rings is 3. The molecule has 0 fully saturated rings. The highest BCUT2D eigenvalue weighted by Crippen LogP contribution is 2.28. The van der Waals surface area contributed by atoms with Gasteiger partial charge in [0.2, 0.25) is 0 Å². The lowest BCUT2D eigenvalue weighted by Gasteiger charge is -2.30. The predicted octanol–water partition coefficient (Wildman–Crippen LogP) is 5.03. The average Bonchev–Trinajstić information content (AvgIpc) is 3.16. The van der Waals surface area contributed by atoms with E-state index in [-0.39, 0.29) is 12.1 Å². The minimum Gasteiger partial charge on any atom is -0.358 e. The number of aromatic amines is 1. The number of hydrogen-bond donors (Lipinski definition) is 2. The summed E-state index contributed by atoms with van der Waals surface area (Å²) in [7, 11) is 0. The first-order valence-electron chi connectivity index (χ1n) is 10.0. The zero-order valence-electron chi connectivity index (χ0n) is 16.1. The number of H-pyrrole nitrogens is 1. The normalized spacial score (nSPS) is 13.5. The number of amides is 2. The average molecular weight is 381 g/mol. The van der Waals surface area contributed by atoms with Crippen molar-refractivity contribution in [1.82, 2.24) is 15.2 Å². The van der Waals surface area contributed by atoms with Crippen LogP contribution in [0.2, 0.25) is 0 Å². The first-order valence-corrected chi connectivity index (χ1v) is 10.0. The SMILES string of the molecule is O=C(NC(c1ccccc1)c1ccccc1)N1CCc2[nH]c3ccccc3c2C1. The van der Waals surface area contributed by atoms with Gasteiger partial charge in [-0.1, -0.05) is 78.9 Å². The molecule has 0 bridgehead atoms. The fourth-order valence-electron chi connectivity index (χ4n) is 4.20. The van der Waals surface area contributed by atoms with Crippen LogP contribution in [-0.2, 0) is 13.0 Å². The molecule has 0 atom stereocenters. The van der Waals surface area contributed by atoms with E-state index >= 15 is 0 Å². The van der Waals surface area contributed by atoms with Crippen LogP contribution in [0.5, 0.6) is 0 Å².